The number of nitrogens with one attached hydrogen (secondary N) is 1. The van der Waals surface area contributed by atoms with Crippen molar-refractivity contribution in [1.29, 1.82) is 0 Å². The average molecular weight is 325 g/mol. The third kappa shape index (κ3) is 2.93. The standard InChI is InChI=1S/C17H19N5O2/c1-4-22-17-13(10-20-22)16(24-21-11(2)3)12(9-19-17)15(23)14-7-5-6-8-18-14/h5-10,15,21,23H,2,4H2,1,3H3. The van der Waals surface area contributed by atoms with Gasteiger partial charge in [0.05, 0.1) is 22.8 Å². The average Bonchev–Trinajstić information content (AvgIpc) is 3.03. The van der Waals surface area contributed by atoms with Crippen molar-refractivity contribution in [3.8, 4) is 5.75 Å². The van der Waals surface area contributed by atoms with E-state index >= 15 is 0 Å². The van der Waals surface area contributed by atoms with Crippen LogP contribution in [0.15, 0.2) is 49.1 Å². The molecule has 0 aliphatic rings. The van der Waals surface area contributed by atoms with Gasteiger partial charge in [-0.2, -0.15) is 5.10 Å². The second-order valence-electron chi connectivity index (χ2n) is 5.38. The molecule has 3 rings (SSSR count). The molecule has 1 atom stereocenters. The maximum Gasteiger partial charge on any atom is 0.175 e. The smallest absolute Gasteiger partial charge is 0.175 e. The van der Waals surface area contributed by atoms with E-state index < -0.39 is 6.10 Å². The molecule has 0 aliphatic heterocycles. The number of aliphatic hydroxyl groups excluding tert-OH is 1. The number of allylic oxidation sites excluding steroid dienone is 1. The van der Waals surface area contributed by atoms with E-state index in [0.29, 0.717) is 40.3 Å². The number of hydrogen-bond acceptors (Lipinski definition) is 6. The van der Waals surface area contributed by atoms with Gasteiger partial charge in [0.25, 0.3) is 0 Å². The zero-order valence-electron chi connectivity index (χ0n) is 13.6. The first-order valence-corrected chi connectivity index (χ1v) is 7.63. The summed E-state index contributed by atoms with van der Waals surface area (Å²) in [6, 6.07) is 5.36. The minimum absolute atomic E-state index is 0.459. The Morgan fingerprint density at radius 2 is 2.21 bits per heavy atom. The van der Waals surface area contributed by atoms with Crippen LogP contribution in [0.3, 0.4) is 0 Å². The quantitative estimate of drug-likeness (QED) is 0.677. The highest BCUT2D eigenvalue weighted by Gasteiger charge is 2.22. The highest BCUT2D eigenvalue weighted by Crippen LogP contribution is 2.34. The van der Waals surface area contributed by atoms with Crippen LogP contribution in [-0.2, 0) is 6.54 Å². The highest BCUT2D eigenvalue weighted by atomic mass is 16.6. The fourth-order valence-electron chi connectivity index (χ4n) is 2.40. The Balaban J connectivity index is 2.12. The molecule has 0 bridgehead atoms. The number of nitrogens with zero attached hydrogens (tertiary/aromatic N) is 4. The Morgan fingerprint density at radius 1 is 1.38 bits per heavy atom. The summed E-state index contributed by atoms with van der Waals surface area (Å²) in [5.74, 6) is 0.459. The minimum Gasteiger partial charge on any atom is -0.382 e. The summed E-state index contributed by atoms with van der Waals surface area (Å²) in [6.07, 6.45) is 3.93. The molecule has 0 amide bonds. The molecule has 3 heterocycles. The monoisotopic (exact) mass is 325 g/mol. The number of aromatic nitrogens is 4. The van der Waals surface area contributed by atoms with Gasteiger partial charge in [0, 0.05) is 24.6 Å². The van der Waals surface area contributed by atoms with Crippen molar-refractivity contribution in [2.24, 2.45) is 0 Å². The zero-order chi connectivity index (χ0) is 17.1. The molecule has 124 valence electrons. The van der Waals surface area contributed by atoms with Gasteiger partial charge in [0.1, 0.15) is 6.10 Å². The number of hydrogen-bond donors (Lipinski definition) is 2. The topological polar surface area (TPSA) is 85.1 Å². The van der Waals surface area contributed by atoms with E-state index in [1.807, 2.05) is 13.0 Å². The summed E-state index contributed by atoms with van der Waals surface area (Å²) in [4.78, 5) is 14.3. The van der Waals surface area contributed by atoms with Crippen LogP contribution in [0.5, 0.6) is 5.75 Å². The second-order valence-corrected chi connectivity index (χ2v) is 5.38. The van der Waals surface area contributed by atoms with Crippen molar-refractivity contribution in [2.45, 2.75) is 26.5 Å². The van der Waals surface area contributed by atoms with Crippen LogP contribution in [0.25, 0.3) is 11.0 Å². The van der Waals surface area contributed by atoms with Gasteiger partial charge in [-0.15, -0.1) is 0 Å². The summed E-state index contributed by atoms with van der Waals surface area (Å²) >= 11 is 0. The van der Waals surface area contributed by atoms with Gasteiger partial charge in [-0.3, -0.25) is 4.98 Å². The maximum atomic E-state index is 10.7. The van der Waals surface area contributed by atoms with E-state index in [1.165, 1.54) is 0 Å². The van der Waals surface area contributed by atoms with Gasteiger partial charge in [-0.25, -0.2) is 15.1 Å². The van der Waals surface area contributed by atoms with Crippen LogP contribution in [0, 0.1) is 0 Å². The van der Waals surface area contributed by atoms with Crippen molar-refractivity contribution < 1.29 is 9.94 Å². The van der Waals surface area contributed by atoms with Gasteiger partial charge in [-0.05, 0) is 26.0 Å². The Morgan fingerprint density at radius 3 is 2.88 bits per heavy atom. The van der Waals surface area contributed by atoms with Crippen LogP contribution in [0.1, 0.15) is 31.2 Å². The fraction of sp³-hybridized carbons (Fsp3) is 0.235. The van der Waals surface area contributed by atoms with E-state index in [9.17, 15) is 5.11 Å². The number of hydroxylamine groups is 1. The third-order valence-electron chi connectivity index (χ3n) is 3.53. The van der Waals surface area contributed by atoms with E-state index in [1.54, 1.807) is 42.3 Å². The van der Waals surface area contributed by atoms with Crippen molar-refractivity contribution in [2.75, 3.05) is 0 Å². The zero-order valence-corrected chi connectivity index (χ0v) is 13.6. The molecule has 3 aromatic heterocycles. The lowest BCUT2D eigenvalue weighted by Gasteiger charge is -2.16. The molecule has 0 saturated carbocycles. The van der Waals surface area contributed by atoms with Crippen LogP contribution >= 0.6 is 0 Å². The minimum atomic E-state index is -0.963. The maximum absolute atomic E-state index is 10.7. The van der Waals surface area contributed by atoms with E-state index in [4.69, 9.17) is 4.84 Å². The third-order valence-corrected chi connectivity index (χ3v) is 3.53. The molecule has 0 aliphatic carbocycles. The summed E-state index contributed by atoms with van der Waals surface area (Å²) < 4.78 is 1.76. The molecule has 1 unspecified atom stereocenters. The number of aliphatic hydroxyl groups is 1. The number of rotatable bonds is 6. The first-order chi connectivity index (χ1) is 11.6. The number of pyridine rings is 2. The summed E-state index contributed by atoms with van der Waals surface area (Å²) in [6.45, 7) is 8.21. The molecular formula is C17H19N5O2. The predicted molar refractivity (Wildman–Crippen MR) is 90.1 cm³/mol. The molecule has 0 aromatic carbocycles. The number of aryl methyl sites for hydroxylation is 1. The predicted octanol–water partition coefficient (Wildman–Crippen LogP) is 2.34. The lowest BCUT2D eigenvalue weighted by atomic mass is 10.1. The van der Waals surface area contributed by atoms with Gasteiger partial charge < -0.3 is 9.94 Å². The Kier molecular flexibility index (Phi) is 4.43. The SMILES string of the molecule is C=C(C)NOc1c(C(O)c2ccccn2)cnc2c1cnn2CC. The first-order valence-electron chi connectivity index (χ1n) is 7.63. The van der Waals surface area contributed by atoms with Crippen LogP contribution in [0.2, 0.25) is 0 Å². The van der Waals surface area contributed by atoms with Crippen LogP contribution < -0.4 is 10.3 Å². The molecule has 24 heavy (non-hydrogen) atoms. The van der Waals surface area contributed by atoms with E-state index in [-0.39, 0.29) is 0 Å². The molecule has 7 nitrogen and oxygen atoms in total. The van der Waals surface area contributed by atoms with Crippen LogP contribution in [-0.4, -0.2) is 24.9 Å². The van der Waals surface area contributed by atoms with Gasteiger partial charge >= 0.3 is 0 Å². The largest absolute Gasteiger partial charge is 0.382 e. The number of fused-ring (bicyclic) bond motifs is 1. The molecule has 2 N–H and O–H groups in total. The van der Waals surface area contributed by atoms with Crippen molar-refractivity contribution in [3.05, 3.63) is 60.3 Å². The molecule has 0 fully saturated rings. The Bertz CT molecular complexity index is 860. The van der Waals surface area contributed by atoms with Gasteiger partial charge in [0.2, 0.25) is 0 Å². The Hall–Kier alpha value is -2.93. The molecule has 0 spiro atoms. The summed E-state index contributed by atoms with van der Waals surface area (Å²) in [5.41, 5.74) is 5.09. The first kappa shape index (κ1) is 15.9. The van der Waals surface area contributed by atoms with E-state index in [0.717, 1.165) is 0 Å². The van der Waals surface area contributed by atoms with Crippen molar-refractivity contribution in [3.63, 3.8) is 0 Å². The van der Waals surface area contributed by atoms with E-state index in [2.05, 4.69) is 27.1 Å². The van der Waals surface area contributed by atoms with Crippen molar-refractivity contribution >= 4 is 11.0 Å². The lowest BCUT2D eigenvalue weighted by Crippen LogP contribution is -2.17. The molecule has 7 heteroatoms. The van der Waals surface area contributed by atoms with Gasteiger partial charge in [0.15, 0.2) is 11.4 Å². The fourth-order valence-corrected chi connectivity index (χ4v) is 2.40. The molecule has 0 radical (unpaired) electrons. The second kappa shape index (κ2) is 6.67. The summed E-state index contributed by atoms with van der Waals surface area (Å²) in [7, 11) is 0. The molecule has 3 aromatic rings. The van der Waals surface area contributed by atoms with Gasteiger partial charge in [-0.1, -0.05) is 12.6 Å². The highest BCUT2D eigenvalue weighted by molar-refractivity contribution is 5.83. The summed E-state index contributed by atoms with van der Waals surface area (Å²) in [5, 5.41) is 15.7. The molecular weight excluding hydrogens is 306 g/mol. The lowest BCUT2D eigenvalue weighted by molar-refractivity contribution is 0.191. The normalized spacial score (nSPS) is 12.1. The van der Waals surface area contributed by atoms with Crippen LogP contribution in [0.4, 0.5) is 0 Å². The molecule has 0 saturated heterocycles. The Labute approximate surface area is 139 Å². The van der Waals surface area contributed by atoms with Crippen molar-refractivity contribution in [1.82, 2.24) is 25.2 Å².